The van der Waals surface area contributed by atoms with Crippen LogP contribution >= 0.6 is 0 Å². The quantitative estimate of drug-likeness (QED) is 0.789. The molecule has 1 aromatic rings. The van der Waals surface area contributed by atoms with Crippen molar-refractivity contribution in [3.63, 3.8) is 0 Å². The van der Waals surface area contributed by atoms with Gasteiger partial charge < -0.3 is 14.6 Å². The number of aliphatic hydroxyl groups is 1. The maximum absolute atomic E-state index is 11.2. The average molecular weight is 224 g/mol. The Labute approximate surface area is 94.8 Å². The first-order valence-corrected chi connectivity index (χ1v) is 5.07. The van der Waals surface area contributed by atoms with Crippen molar-refractivity contribution in [2.45, 2.75) is 26.1 Å². The van der Waals surface area contributed by atoms with Crippen LogP contribution in [0.2, 0.25) is 0 Å². The number of hydrogen-bond donors (Lipinski definition) is 1. The molecule has 0 aromatic heterocycles. The summed E-state index contributed by atoms with van der Waals surface area (Å²) in [5, 5.41) is 9.26. The lowest BCUT2D eigenvalue weighted by molar-refractivity contribution is 0.0590. The highest BCUT2D eigenvalue weighted by atomic mass is 16.5. The second-order valence-electron chi connectivity index (χ2n) is 3.58. The van der Waals surface area contributed by atoms with E-state index < -0.39 is 6.10 Å². The van der Waals surface area contributed by atoms with Crippen molar-refractivity contribution in [3.8, 4) is 5.75 Å². The van der Waals surface area contributed by atoms with Crippen LogP contribution in [0.5, 0.6) is 5.75 Å². The van der Waals surface area contributed by atoms with Crippen molar-refractivity contribution < 1.29 is 19.4 Å². The van der Waals surface area contributed by atoms with Crippen LogP contribution in [0.15, 0.2) is 24.3 Å². The fourth-order valence-corrected chi connectivity index (χ4v) is 1.10. The van der Waals surface area contributed by atoms with Gasteiger partial charge in [-0.25, -0.2) is 4.79 Å². The molecule has 0 heterocycles. The van der Waals surface area contributed by atoms with E-state index in [2.05, 4.69) is 4.74 Å². The smallest absolute Gasteiger partial charge is 0.337 e. The average Bonchev–Trinajstić information content (AvgIpc) is 2.28. The van der Waals surface area contributed by atoms with Crippen LogP contribution in [0.25, 0.3) is 0 Å². The zero-order valence-electron chi connectivity index (χ0n) is 9.64. The highest BCUT2D eigenvalue weighted by Crippen LogP contribution is 2.15. The number of esters is 1. The lowest BCUT2D eigenvalue weighted by Gasteiger charge is -2.17. The molecule has 4 nitrogen and oxygen atoms in total. The maximum atomic E-state index is 11.2. The van der Waals surface area contributed by atoms with Gasteiger partial charge in [-0.15, -0.1) is 0 Å². The molecule has 0 fully saturated rings. The zero-order valence-corrected chi connectivity index (χ0v) is 9.64. The van der Waals surface area contributed by atoms with E-state index in [0.717, 1.165) is 0 Å². The minimum atomic E-state index is -0.541. The lowest BCUT2D eigenvalue weighted by Crippen LogP contribution is -2.25. The molecule has 2 unspecified atom stereocenters. The highest BCUT2D eigenvalue weighted by molar-refractivity contribution is 5.89. The van der Waals surface area contributed by atoms with Crippen LogP contribution < -0.4 is 4.74 Å². The third-order valence-electron chi connectivity index (χ3n) is 2.28. The van der Waals surface area contributed by atoms with Gasteiger partial charge in [0, 0.05) is 0 Å². The standard InChI is InChI=1S/C12H16O4/c1-8(13)9(2)16-11-6-4-10(5-7-11)12(14)15-3/h4-9,13H,1-3H3. The van der Waals surface area contributed by atoms with E-state index in [4.69, 9.17) is 4.74 Å². The van der Waals surface area contributed by atoms with Gasteiger partial charge in [0.25, 0.3) is 0 Å². The minimum Gasteiger partial charge on any atom is -0.488 e. The van der Waals surface area contributed by atoms with E-state index in [-0.39, 0.29) is 12.1 Å². The van der Waals surface area contributed by atoms with Crippen LogP contribution in [0, 0.1) is 0 Å². The molecule has 0 saturated carbocycles. The van der Waals surface area contributed by atoms with Crippen LogP contribution in [-0.2, 0) is 4.74 Å². The molecule has 0 aliphatic heterocycles. The molecule has 4 heteroatoms. The van der Waals surface area contributed by atoms with Gasteiger partial charge in [0.1, 0.15) is 11.9 Å². The molecule has 1 N–H and O–H groups in total. The van der Waals surface area contributed by atoms with E-state index in [9.17, 15) is 9.90 Å². The summed E-state index contributed by atoms with van der Waals surface area (Å²) in [4.78, 5) is 11.2. The topological polar surface area (TPSA) is 55.8 Å². The largest absolute Gasteiger partial charge is 0.488 e. The van der Waals surface area contributed by atoms with Crippen molar-refractivity contribution in [2.75, 3.05) is 7.11 Å². The van der Waals surface area contributed by atoms with Crippen LogP contribution in [-0.4, -0.2) is 30.4 Å². The van der Waals surface area contributed by atoms with E-state index in [1.54, 1.807) is 38.1 Å². The van der Waals surface area contributed by atoms with Gasteiger partial charge in [-0.3, -0.25) is 0 Å². The van der Waals surface area contributed by atoms with E-state index in [1.165, 1.54) is 7.11 Å². The highest BCUT2D eigenvalue weighted by Gasteiger charge is 2.11. The Morgan fingerprint density at radius 3 is 2.25 bits per heavy atom. The van der Waals surface area contributed by atoms with Gasteiger partial charge in [0.15, 0.2) is 0 Å². The first-order chi connectivity index (χ1) is 7.54. The Morgan fingerprint density at radius 2 is 1.81 bits per heavy atom. The molecule has 88 valence electrons. The monoisotopic (exact) mass is 224 g/mol. The SMILES string of the molecule is COC(=O)c1ccc(OC(C)C(C)O)cc1. The molecule has 0 radical (unpaired) electrons. The summed E-state index contributed by atoms with van der Waals surface area (Å²) in [5.74, 6) is 0.233. The summed E-state index contributed by atoms with van der Waals surface area (Å²) in [6.45, 7) is 3.44. The Bertz CT molecular complexity index is 343. The minimum absolute atomic E-state index is 0.288. The molecule has 2 atom stereocenters. The van der Waals surface area contributed by atoms with Gasteiger partial charge >= 0.3 is 5.97 Å². The van der Waals surface area contributed by atoms with Crippen molar-refractivity contribution in [3.05, 3.63) is 29.8 Å². The molecule has 0 bridgehead atoms. The van der Waals surface area contributed by atoms with Gasteiger partial charge in [-0.2, -0.15) is 0 Å². The van der Waals surface area contributed by atoms with Crippen LogP contribution in [0.3, 0.4) is 0 Å². The number of hydrogen-bond acceptors (Lipinski definition) is 4. The lowest BCUT2D eigenvalue weighted by atomic mass is 10.2. The number of carbonyl (C=O) groups is 1. The predicted molar refractivity (Wildman–Crippen MR) is 59.6 cm³/mol. The second kappa shape index (κ2) is 5.51. The summed E-state index contributed by atoms with van der Waals surface area (Å²) in [6.07, 6.45) is -0.829. The third-order valence-corrected chi connectivity index (χ3v) is 2.28. The van der Waals surface area contributed by atoms with E-state index >= 15 is 0 Å². The number of carbonyl (C=O) groups excluding carboxylic acids is 1. The molecule has 1 aromatic carbocycles. The summed E-state index contributed by atoms with van der Waals surface area (Å²) in [5.41, 5.74) is 0.472. The van der Waals surface area contributed by atoms with Gasteiger partial charge in [-0.1, -0.05) is 0 Å². The van der Waals surface area contributed by atoms with Crippen molar-refractivity contribution in [2.24, 2.45) is 0 Å². The van der Waals surface area contributed by atoms with E-state index in [1.807, 2.05) is 0 Å². The molecular formula is C12H16O4. The molecule has 1 rings (SSSR count). The first-order valence-electron chi connectivity index (χ1n) is 5.07. The summed E-state index contributed by atoms with van der Waals surface area (Å²) in [6, 6.07) is 6.59. The number of ether oxygens (including phenoxy) is 2. The fourth-order valence-electron chi connectivity index (χ4n) is 1.10. The zero-order chi connectivity index (χ0) is 12.1. The summed E-state index contributed by atoms with van der Waals surface area (Å²) >= 11 is 0. The molecular weight excluding hydrogens is 208 g/mol. The molecule has 0 aliphatic carbocycles. The normalized spacial score (nSPS) is 14.0. The van der Waals surface area contributed by atoms with Crippen LogP contribution in [0.4, 0.5) is 0 Å². The molecule has 0 amide bonds. The Balaban J connectivity index is 2.68. The predicted octanol–water partition coefficient (Wildman–Crippen LogP) is 1.62. The van der Waals surface area contributed by atoms with E-state index in [0.29, 0.717) is 11.3 Å². The second-order valence-corrected chi connectivity index (χ2v) is 3.58. The number of aliphatic hydroxyl groups excluding tert-OH is 1. The Kier molecular flexibility index (Phi) is 4.31. The summed E-state index contributed by atoms with van der Waals surface area (Å²) < 4.78 is 10.0. The summed E-state index contributed by atoms with van der Waals surface area (Å²) in [7, 11) is 1.34. The van der Waals surface area contributed by atoms with Crippen molar-refractivity contribution in [1.82, 2.24) is 0 Å². The van der Waals surface area contributed by atoms with Gasteiger partial charge in [0.05, 0.1) is 18.8 Å². The molecule has 16 heavy (non-hydrogen) atoms. The Hall–Kier alpha value is -1.55. The number of benzene rings is 1. The Morgan fingerprint density at radius 1 is 1.25 bits per heavy atom. The van der Waals surface area contributed by atoms with Crippen LogP contribution in [0.1, 0.15) is 24.2 Å². The first kappa shape index (κ1) is 12.5. The molecule has 0 saturated heterocycles. The molecule has 0 spiro atoms. The maximum Gasteiger partial charge on any atom is 0.337 e. The number of methoxy groups -OCH3 is 1. The number of rotatable bonds is 4. The van der Waals surface area contributed by atoms with Gasteiger partial charge in [0.2, 0.25) is 0 Å². The van der Waals surface area contributed by atoms with Crippen molar-refractivity contribution in [1.29, 1.82) is 0 Å². The fraction of sp³-hybridized carbons (Fsp3) is 0.417. The van der Waals surface area contributed by atoms with Gasteiger partial charge in [-0.05, 0) is 38.1 Å². The third kappa shape index (κ3) is 3.24. The molecule has 0 aliphatic rings. The van der Waals surface area contributed by atoms with Crippen molar-refractivity contribution >= 4 is 5.97 Å².